The van der Waals surface area contributed by atoms with E-state index in [2.05, 4.69) is 0 Å². The Bertz CT molecular complexity index is 301. The number of benzene rings is 1. The lowest BCUT2D eigenvalue weighted by atomic mass is 10.2. The molecule has 0 radical (unpaired) electrons. The molecule has 0 amide bonds. The third kappa shape index (κ3) is 1.68. The van der Waals surface area contributed by atoms with Crippen molar-refractivity contribution < 1.29 is 9.18 Å². The van der Waals surface area contributed by atoms with Gasteiger partial charge in [0.1, 0.15) is 5.82 Å². The van der Waals surface area contributed by atoms with E-state index in [1.54, 1.807) is 0 Å². The van der Waals surface area contributed by atoms with Gasteiger partial charge in [-0.25, -0.2) is 4.39 Å². The summed E-state index contributed by atoms with van der Waals surface area (Å²) in [5.41, 5.74) is 5.37. The number of rotatable bonds is 1. The van der Waals surface area contributed by atoms with Crippen LogP contribution >= 0.6 is 22.6 Å². The smallest absolute Gasteiger partial charge is 0.152 e. The quantitative estimate of drug-likeness (QED) is 0.478. The van der Waals surface area contributed by atoms with Crippen molar-refractivity contribution in [2.75, 3.05) is 5.73 Å². The molecule has 0 saturated heterocycles. The highest BCUT2D eigenvalue weighted by molar-refractivity contribution is 14.1. The van der Waals surface area contributed by atoms with E-state index in [1.807, 2.05) is 22.6 Å². The average Bonchev–Trinajstić information content (AvgIpc) is 1.96. The van der Waals surface area contributed by atoms with Crippen LogP contribution in [0.5, 0.6) is 0 Å². The van der Waals surface area contributed by atoms with E-state index in [0.717, 1.165) is 0 Å². The summed E-state index contributed by atoms with van der Waals surface area (Å²) in [7, 11) is 0. The summed E-state index contributed by atoms with van der Waals surface area (Å²) in [6, 6.07) is 2.81. The molecule has 0 saturated carbocycles. The minimum absolute atomic E-state index is 0.0829. The zero-order valence-electron chi connectivity index (χ0n) is 5.47. The van der Waals surface area contributed by atoms with Gasteiger partial charge in [-0.2, -0.15) is 0 Å². The van der Waals surface area contributed by atoms with E-state index < -0.39 is 5.82 Å². The van der Waals surface area contributed by atoms with E-state index >= 15 is 0 Å². The van der Waals surface area contributed by atoms with Gasteiger partial charge in [-0.15, -0.1) is 0 Å². The number of nitrogen functional groups attached to an aromatic ring is 1. The maximum Gasteiger partial charge on any atom is 0.152 e. The first-order valence-electron chi connectivity index (χ1n) is 2.85. The van der Waals surface area contributed by atoms with Crippen molar-refractivity contribution in [1.29, 1.82) is 0 Å². The fraction of sp³-hybridized carbons (Fsp3) is 0. The molecule has 1 rings (SSSR count). The Balaban J connectivity index is 3.35. The van der Waals surface area contributed by atoms with Crippen LogP contribution in [0.1, 0.15) is 10.4 Å². The standard InChI is InChI=1S/C7H5FINO/c8-6-2-5(9)1-4(3-11)7(6)10/h1-3H,10H2. The highest BCUT2D eigenvalue weighted by Gasteiger charge is 2.04. The first-order chi connectivity index (χ1) is 5.15. The maximum atomic E-state index is 12.7. The molecule has 0 aliphatic carbocycles. The Kier molecular flexibility index (Phi) is 2.43. The van der Waals surface area contributed by atoms with Crippen LogP contribution in [0.15, 0.2) is 12.1 Å². The highest BCUT2D eigenvalue weighted by atomic mass is 127. The number of hydrogen-bond acceptors (Lipinski definition) is 2. The predicted octanol–water partition coefficient (Wildman–Crippen LogP) is 1.82. The Morgan fingerprint density at radius 1 is 1.55 bits per heavy atom. The average molecular weight is 265 g/mol. The number of carbonyl (C=O) groups excluding carboxylic acids is 1. The second kappa shape index (κ2) is 3.17. The maximum absolute atomic E-state index is 12.7. The molecular formula is C7H5FINO. The number of aldehydes is 1. The third-order valence-corrected chi connectivity index (χ3v) is 1.88. The zero-order valence-corrected chi connectivity index (χ0v) is 7.63. The van der Waals surface area contributed by atoms with Gasteiger partial charge < -0.3 is 5.73 Å². The van der Waals surface area contributed by atoms with Crippen LogP contribution in [0.3, 0.4) is 0 Å². The molecule has 11 heavy (non-hydrogen) atoms. The number of hydrogen-bond donors (Lipinski definition) is 1. The number of halogens is 2. The molecule has 1 aromatic rings. The van der Waals surface area contributed by atoms with Gasteiger partial charge >= 0.3 is 0 Å². The zero-order chi connectivity index (χ0) is 8.43. The van der Waals surface area contributed by atoms with E-state index in [-0.39, 0.29) is 11.3 Å². The van der Waals surface area contributed by atoms with Gasteiger partial charge in [0.15, 0.2) is 6.29 Å². The van der Waals surface area contributed by atoms with Crippen LogP contribution in [0, 0.1) is 9.39 Å². The molecular weight excluding hydrogens is 260 g/mol. The van der Waals surface area contributed by atoms with Crippen molar-refractivity contribution in [3.8, 4) is 0 Å². The largest absolute Gasteiger partial charge is 0.396 e. The van der Waals surface area contributed by atoms with E-state index in [9.17, 15) is 9.18 Å². The lowest BCUT2D eigenvalue weighted by Crippen LogP contribution is -1.97. The molecule has 1 aromatic carbocycles. The first-order valence-corrected chi connectivity index (χ1v) is 3.92. The minimum Gasteiger partial charge on any atom is -0.396 e. The molecule has 0 aliphatic heterocycles. The Morgan fingerprint density at radius 3 is 2.73 bits per heavy atom. The summed E-state index contributed by atoms with van der Waals surface area (Å²) in [5, 5.41) is 0. The van der Waals surface area contributed by atoms with Crippen LogP contribution in [0.25, 0.3) is 0 Å². The molecule has 0 aromatic heterocycles. The summed E-state index contributed by atoms with van der Waals surface area (Å²) in [5.74, 6) is -0.543. The minimum atomic E-state index is -0.543. The van der Waals surface area contributed by atoms with Crippen molar-refractivity contribution in [2.24, 2.45) is 0 Å². The summed E-state index contributed by atoms with van der Waals surface area (Å²) in [6.45, 7) is 0. The van der Waals surface area contributed by atoms with Gasteiger partial charge in [0.2, 0.25) is 0 Å². The molecule has 2 nitrogen and oxygen atoms in total. The summed E-state index contributed by atoms with van der Waals surface area (Å²) in [6.07, 6.45) is 0.542. The van der Waals surface area contributed by atoms with Crippen LogP contribution in [-0.4, -0.2) is 6.29 Å². The molecule has 0 heterocycles. The molecule has 0 unspecified atom stereocenters. The summed E-state index contributed by atoms with van der Waals surface area (Å²) >= 11 is 1.92. The topological polar surface area (TPSA) is 43.1 Å². The van der Waals surface area contributed by atoms with Crippen molar-refractivity contribution in [1.82, 2.24) is 0 Å². The summed E-state index contributed by atoms with van der Waals surface area (Å²) in [4.78, 5) is 10.3. The van der Waals surface area contributed by atoms with Crippen LogP contribution in [0.2, 0.25) is 0 Å². The molecule has 0 spiro atoms. The highest BCUT2D eigenvalue weighted by Crippen LogP contribution is 2.18. The van der Waals surface area contributed by atoms with Crippen LogP contribution in [0.4, 0.5) is 10.1 Å². The molecule has 2 N–H and O–H groups in total. The lowest BCUT2D eigenvalue weighted by Gasteiger charge is -1.99. The second-order valence-corrected chi connectivity index (χ2v) is 3.25. The summed E-state index contributed by atoms with van der Waals surface area (Å²) < 4.78 is 13.4. The van der Waals surface area contributed by atoms with Crippen molar-refractivity contribution in [3.05, 3.63) is 27.1 Å². The van der Waals surface area contributed by atoms with Crippen molar-refractivity contribution in [2.45, 2.75) is 0 Å². The number of anilines is 1. The van der Waals surface area contributed by atoms with Gasteiger partial charge in [-0.3, -0.25) is 4.79 Å². The Labute approximate surface area is 76.7 Å². The van der Waals surface area contributed by atoms with Crippen LogP contribution in [-0.2, 0) is 0 Å². The van der Waals surface area contributed by atoms with Gasteiger partial charge in [0, 0.05) is 9.13 Å². The lowest BCUT2D eigenvalue weighted by molar-refractivity contribution is 0.112. The van der Waals surface area contributed by atoms with E-state index in [4.69, 9.17) is 5.73 Å². The fourth-order valence-corrected chi connectivity index (χ4v) is 1.31. The normalized spacial score (nSPS) is 9.64. The molecule has 58 valence electrons. The van der Waals surface area contributed by atoms with Gasteiger partial charge in [-0.05, 0) is 34.7 Å². The third-order valence-electron chi connectivity index (χ3n) is 1.25. The van der Waals surface area contributed by atoms with Crippen molar-refractivity contribution >= 4 is 34.6 Å². The Morgan fingerprint density at radius 2 is 2.18 bits per heavy atom. The fourth-order valence-electron chi connectivity index (χ4n) is 0.702. The first kappa shape index (κ1) is 8.45. The number of carbonyl (C=O) groups is 1. The van der Waals surface area contributed by atoms with Gasteiger partial charge in [0.05, 0.1) is 5.69 Å². The molecule has 0 fully saturated rings. The SMILES string of the molecule is Nc1c(F)cc(I)cc1C=O. The van der Waals surface area contributed by atoms with Crippen LogP contribution < -0.4 is 5.73 Å². The van der Waals surface area contributed by atoms with E-state index in [0.29, 0.717) is 9.86 Å². The van der Waals surface area contributed by atoms with Gasteiger partial charge in [0.25, 0.3) is 0 Å². The number of nitrogens with two attached hydrogens (primary N) is 1. The molecule has 4 heteroatoms. The van der Waals surface area contributed by atoms with Crippen molar-refractivity contribution in [3.63, 3.8) is 0 Å². The molecule has 0 aliphatic rings. The molecule has 0 atom stereocenters. The second-order valence-electron chi connectivity index (χ2n) is 2.01. The van der Waals surface area contributed by atoms with Gasteiger partial charge in [-0.1, -0.05) is 0 Å². The monoisotopic (exact) mass is 265 g/mol. The molecule has 0 bridgehead atoms. The Hall–Kier alpha value is -0.650. The van der Waals surface area contributed by atoms with E-state index in [1.165, 1.54) is 12.1 Å². The predicted molar refractivity (Wildman–Crippen MR) is 48.9 cm³/mol.